The Labute approximate surface area is 153 Å². The van der Waals surface area contributed by atoms with Gasteiger partial charge in [0.2, 0.25) is 0 Å². The molecule has 0 N–H and O–H groups in total. The van der Waals surface area contributed by atoms with Crippen LogP contribution in [-0.2, 0) is 4.74 Å². The van der Waals surface area contributed by atoms with Crippen molar-refractivity contribution in [2.24, 2.45) is 5.92 Å². The number of hydrogen-bond donors (Lipinski definition) is 0. The second kappa shape index (κ2) is 7.50. The number of amides is 1. The van der Waals surface area contributed by atoms with Crippen LogP contribution in [0.15, 0.2) is 47.3 Å². The molecule has 6 heteroatoms. The molecule has 2 aromatic heterocycles. The summed E-state index contributed by atoms with van der Waals surface area (Å²) in [4.78, 5) is 18.4. The molecule has 0 saturated carbocycles. The van der Waals surface area contributed by atoms with Crippen LogP contribution in [0.1, 0.15) is 36.2 Å². The number of likely N-dealkylation sites (tertiary alicyclic amines) is 1. The van der Waals surface area contributed by atoms with Crippen LogP contribution < -0.4 is 4.74 Å². The fraction of sp³-hybridized carbons (Fsp3) is 0.500. The zero-order valence-electron chi connectivity index (χ0n) is 14.8. The van der Waals surface area contributed by atoms with Crippen molar-refractivity contribution >= 4 is 5.91 Å². The van der Waals surface area contributed by atoms with Crippen LogP contribution in [-0.4, -0.2) is 47.7 Å². The summed E-state index contributed by atoms with van der Waals surface area (Å²) in [5.41, 5.74) is -0.113. The Morgan fingerprint density at radius 1 is 1.31 bits per heavy atom. The molecule has 1 unspecified atom stereocenters. The topological polar surface area (TPSA) is 64.8 Å². The Hall–Kier alpha value is -2.34. The number of nitrogens with zero attached hydrogens (tertiary/aromatic N) is 2. The summed E-state index contributed by atoms with van der Waals surface area (Å²) >= 11 is 0. The zero-order valence-corrected chi connectivity index (χ0v) is 14.8. The highest BCUT2D eigenvalue weighted by atomic mass is 16.5. The molecule has 0 aliphatic carbocycles. The molecule has 1 amide bonds. The van der Waals surface area contributed by atoms with Gasteiger partial charge in [-0.2, -0.15) is 0 Å². The van der Waals surface area contributed by atoms with Gasteiger partial charge in [-0.25, -0.2) is 0 Å². The molecule has 1 spiro atoms. The largest absolute Gasteiger partial charge is 0.492 e. The zero-order chi connectivity index (χ0) is 17.8. The highest BCUT2D eigenvalue weighted by Crippen LogP contribution is 2.42. The third-order valence-electron chi connectivity index (χ3n) is 5.60. The van der Waals surface area contributed by atoms with Crippen molar-refractivity contribution in [3.8, 4) is 5.75 Å². The van der Waals surface area contributed by atoms with E-state index >= 15 is 0 Å². The molecular weight excluding hydrogens is 332 g/mol. The lowest BCUT2D eigenvalue weighted by molar-refractivity contribution is -0.0651. The quantitative estimate of drug-likeness (QED) is 0.823. The molecule has 0 aromatic carbocycles. The summed E-state index contributed by atoms with van der Waals surface area (Å²) in [5, 5.41) is 0. The van der Waals surface area contributed by atoms with Crippen LogP contribution in [0, 0.1) is 5.92 Å². The monoisotopic (exact) mass is 356 g/mol. The van der Waals surface area contributed by atoms with Gasteiger partial charge in [0.05, 0.1) is 24.7 Å². The summed E-state index contributed by atoms with van der Waals surface area (Å²) in [7, 11) is 0. The van der Waals surface area contributed by atoms with Gasteiger partial charge in [0.25, 0.3) is 5.91 Å². The van der Waals surface area contributed by atoms with Crippen molar-refractivity contribution in [1.82, 2.24) is 9.88 Å². The van der Waals surface area contributed by atoms with E-state index in [0.29, 0.717) is 31.4 Å². The van der Waals surface area contributed by atoms with E-state index < -0.39 is 0 Å². The van der Waals surface area contributed by atoms with E-state index in [-0.39, 0.29) is 11.5 Å². The van der Waals surface area contributed by atoms with Gasteiger partial charge in [0.1, 0.15) is 5.75 Å². The molecule has 2 aliphatic heterocycles. The fourth-order valence-electron chi connectivity index (χ4n) is 4.14. The minimum absolute atomic E-state index is 0.0284. The average Bonchev–Trinajstić information content (AvgIpc) is 3.34. The van der Waals surface area contributed by atoms with Crippen LogP contribution in [0.4, 0.5) is 0 Å². The van der Waals surface area contributed by atoms with Gasteiger partial charge >= 0.3 is 0 Å². The van der Waals surface area contributed by atoms with E-state index in [0.717, 1.165) is 38.0 Å². The van der Waals surface area contributed by atoms with Gasteiger partial charge in [-0.3, -0.25) is 9.78 Å². The molecule has 26 heavy (non-hydrogen) atoms. The lowest BCUT2D eigenvalue weighted by Crippen LogP contribution is -2.49. The molecule has 138 valence electrons. The summed E-state index contributed by atoms with van der Waals surface area (Å²) in [5.74, 6) is 1.66. The van der Waals surface area contributed by atoms with Crippen molar-refractivity contribution in [3.63, 3.8) is 0 Å². The van der Waals surface area contributed by atoms with Gasteiger partial charge in [0.15, 0.2) is 5.76 Å². The van der Waals surface area contributed by atoms with E-state index in [1.165, 1.54) is 6.26 Å². The Balaban J connectivity index is 1.31. The van der Waals surface area contributed by atoms with E-state index in [4.69, 9.17) is 13.9 Å². The lowest BCUT2D eigenvalue weighted by Gasteiger charge is -2.42. The number of piperidine rings is 1. The van der Waals surface area contributed by atoms with Crippen LogP contribution >= 0.6 is 0 Å². The number of aromatic nitrogens is 1. The number of furan rings is 1. The molecule has 2 saturated heterocycles. The maximum Gasteiger partial charge on any atom is 0.289 e. The highest BCUT2D eigenvalue weighted by Gasteiger charge is 2.46. The van der Waals surface area contributed by atoms with Crippen molar-refractivity contribution in [2.45, 2.75) is 31.3 Å². The smallest absolute Gasteiger partial charge is 0.289 e. The molecule has 2 aliphatic rings. The van der Waals surface area contributed by atoms with Crippen molar-refractivity contribution in [2.75, 3.05) is 26.3 Å². The van der Waals surface area contributed by atoms with E-state index in [9.17, 15) is 4.79 Å². The Morgan fingerprint density at radius 2 is 2.19 bits per heavy atom. The molecule has 0 bridgehead atoms. The summed E-state index contributed by atoms with van der Waals surface area (Å²) in [6.45, 7) is 2.87. The Bertz CT molecular complexity index is 709. The van der Waals surface area contributed by atoms with E-state index in [2.05, 4.69) is 4.98 Å². The summed E-state index contributed by atoms with van der Waals surface area (Å²) < 4.78 is 17.2. The predicted molar refractivity (Wildman–Crippen MR) is 95.0 cm³/mol. The molecule has 1 atom stereocenters. The number of ether oxygens (including phenoxy) is 2. The minimum atomic E-state index is -0.113. The van der Waals surface area contributed by atoms with Gasteiger partial charge in [-0.05, 0) is 55.9 Å². The lowest BCUT2D eigenvalue weighted by atomic mass is 9.78. The normalized spacial score (nSPS) is 21.8. The van der Waals surface area contributed by atoms with E-state index in [1.807, 2.05) is 17.0 Å². The number of rotatable bonds is 5. The Kier molecular flexibility index (Phi) is 4.93. The molecule has 0 radical (unpaired) electrons. The predicted octanol–water partition coefficient (Wildman–Crippen LogP) is 3.16. The summed E-state index contributed by atoms with van der Waals surface area (Å²) in [6.07, 6.45) is 8.78. The maximum atomic E-state index is 12.4. The standard InChI is InChI=1S/C20H24N2O4/c23-19(18-4-2-12-25-18)22-10-7-20(8-11-22)16(6-14-26-20)5-13-24-17-3-1-9-21-15-17/h1-4,9,12,15-16H,5-8,10-11,13-14H2. The van der Waals surface area contributed by atoms with Crippen molar-refractivity contribution in [3.05, 3.63) is 48.7 Å². The highest BCUT2D eigenvalue weighted by molar-refractivity contribution is 5.91. The van der Waals surface area contributed by atoms with Gasteiger partial charge in [-0.15, -0.1) is 0 Å². The average molecular weight is 356 g/mol. The second-order valence-corrected chi connectivity index (χ2v) is 6.99. The number of hydrogen-bond acceptors (Lipinski definition) is 5. The molecule has 4 heterocycles. The van der Waals surface area contributed by atoms with E-state index in [1.54, 1.807) is 24.5 Å². The first-order valence-corrected chi connectivity index (χ1v) is 9.26. The van der Waals surface area contributed by atoms with Gasteiger partial charge in [-0.1, -0.05) is 0 Å². The first-order chi connectivity index (χ1) is 12.8. The molecule has 2 fully saturated rings. The third-order valence-corrected chi connectivity index (χ3v) is 5.60. The SMILES string of the molecule is O=C(c1ccco1)N1CCC2(CC1)OCCC2CCOc1cccnc1. The maximum absolute atomic E-state index is 12.4. The molecule has 6 nitrogen and oxygen atoms in total. The second-order valence-electron chi connectivity index (χ2n) is 6.99. The van der Waals surface area contributed by atoms with Crippen LogP contribution in [0.3, 0.4) is 0 Å². The first-order valence-electron chi connectivity index (χ1n) is 9.26. The Morgan fingerprint density at radius 3 is 2.92 bits per heavy atom. The number of pyridine rings is 1. The molecule has 4 rings (SSSR count). The summed E-state index contributed by atoms with van der Waals surface area (Å²) in [6, 6.07) is 7.27. The molecular formula is C20H24N2O4. The van der Waals surface area contributed by atoms with Crippen molar-refractivity contribution < 1.29 is 18.7 Å². The van der Waals surface area contributed by atoms with Crippen LogP contribution in [0.2, 0.25) is 0 Å². The van der Waals surface area contributed by atoms with Crippen LogP contribution in [0.5, 0.6) is 5.75 Å². The van der Waals surface area contributed by atoms with Crippen molar-refractivity contribution in [1.29, 1.82) is 0 Å². The number of carbonyl (C=O) groups is 1. The first kappa shape index (κ1) is 17.1. The minimum Gasteiger partial charge on any atom is -0.492 e. The van der Waals surface area contributed by atoms with Gasteiger partial charge in [0, 0.05) is 25.9 Å². The molecule has 2 aromatic rings. The fourth-order valence-corrected chi connectivity index (χ4v) is 4.14. The third kappa shape index (κ3) is 3.46. The number of carbonyl (C=O) groups excluding carboxylic acids is 1. The van der Waals surface area contributed by atoms with Crippen LogP contribution in [0.25, 0.3) is 0 Å². The van der Waals surface area contributed by atoms with Gasteiger partial charge < -0.3 is 18.8 Å².